The Morgan fingerprint density at radius 2 is 2.37 bits per heavy atom. The van der Waals surface area contributed by atoms with Crippen LogP contribution in [-0.2, 0) is 16.1 Å². The van der Waals surface area contributed by atoms with Crippen LogP contribution in [-0.4, -0.2) is 41.7 Å². The highest BCUT2D eigenvalue weighted by Gasteiger charge is 2.16. The molecule has 1 amide bonds. The Labute approximate surface area is 118 Å². The van der Waals surface area contributed by atoms with Gasteiger partial charge >= 0.3 is 0 Å². The zero-order chi connectivity index (χ0) is 12.8. The van der Waals surface area contributed by atoms with Crippen molar-refractivity contribution < 1.29 is 9.53 Å². The van der Waals surface area contributed by atoms with Gasteiger partial charge in [-0.3, -0.25) is 14.8 Å². The van der Waals surface area contributed by atoms with Gasteiger partial charge in [-0.05, 0) is 6.92 Å². The van der Waals surface area contributed by atoms with Crippen LogP contribution in [0.2, 0.25) is 0 Å². The van der Waals surface area contributed by atoms with E-state index < -0.39 is 0 Å². The van der Waals surface area contributed by atoms with E-state index in [1.165, 1.54) is 0 Å². The number of hydrogen-bond donors (Lipinski definition) is 2. The van der Waals surface area contributed by atoms with Gasteiger partial charge in [-0.1, -0.05) is 0 Å². The lowest BCUT2D eigenvalue weighted by molar-refractivity contribution is -0.122. The molecule has 0 radical (unpaired) electrons. The molecule has 1 aliphatic rings. The number of hydrogen-bond acceptors (Lipinski definition) is 5. The SMILES string of the molecule is Cc1cnc(CNC(=O)CC2COCCN2)cn1.Cl. The summed E-state index contributed by atoms with van der Waals surface area (Å²) in [6.45, 7) is 4.42. The summed E-state index contributed by atoms with van der Waals surface area (Å²) in [5, 5.41) is 6.07. The molecule has 1 aliphatic heterocycles. The van der Waals surface area contributed by atoms with Crippen LogP contribution in [0.3, 0.4) is 0 Å². The van der Waals surface area contributed by atoms with E-state index in [1.54, 1.807) is 12.4 Å². The molecule has 6 nitrogen and oxygen atoms in total. The van der Waals surface area contributed by atoms with Crippen LogP contribution >= 0.6 is 12.4 Å². The molecule has 0 saturated carbocycles. The number of ether oxygens (including phenoxy) is 1. The van der Waals surface area contributed by atoms with E-state index in [4.69, 9.17) is 4.74 Å². The highest BCUT2D eigenvalue weighted by Crippen LogP contribution is 1.99. The number of nitrogens with zero attached hydrogens (tertiary/aromatic N) is 2. The highest BCUT2D eigenvalue weighted by molar-refractivity contribution is 5.85. The molecule has 1 saturated heterocycles. The molecule has 106 valence electrons. The van der Waals surface area contributed by atoms with Crippen LogP contribution in [0.5, 0.6) is 0 Å². The molecule has 1 aromatic rings. The number of aryl methyl sites for hydroxylation is 1. The predicted molar refractivity (Wildman–Crippen MR) is 73.1 cm³/mol. The second-order valence-corrected chi connectivity index (χ2v) is 4.36. The number of aromatic nitrogens is 2. The van der Waals surface area contributed by atoms with Crippen molar-refractivity contribution >= 4 is 18.3 Å². The van der Waals surface area contributed by atoms with Gasteiger partial charge in [-0.15, -0.1) is 12.4 Å². The molecule has 7 heteroatoms. The minimum atomic E-state index is 0. The normalized spacial score (nSPS) is 18.5. The first-order chi connectivity index (χ1) is 8.74. The fourth-order valence-electron chi connectivity index (χ4n) is 1.75. The summed E-state index contributed by atoms with van der Waals surface area (Å²) < 4.78 is 5.29. The smallest absolute Gasteiger partial charge is 0.221 e. The van der Waals surface area contributed by atoms with Gasteiger partial charge in [0.2, 0.25) is 5.91 Å². The number of carbonyl (C=O) groups excluding carboxylic acids is 1. The van der Waals surface area contributed by atoms with Crippen molar-refractivity contribution in [1.82, 2.24) is 20.6 Å². The quantitative estimate of drug-likeness (QED) is 0.827. The van der Waals surface area contributed by atoms with E-state index >= 15 is 0 Å². The third-order valence-corrected chi connectivity index (χ3v) is 2.73. The summed E-state index contributed by atoms with van der Waals surface area (Å²) >= 11 is 0. The van der Waals surface area contributed by atoms with Crippen molar-refractivity contribution in [2.45, 2.75) is 25.9 Å². The lowest BCUT2D eigenvalue weighted by atomic mass is 10.2. The Kier molecular flexibility index (Phi) is 6.69. The summed E-state index contributed by atoms with van der Waals surface area (Å²) in [5.41, 5.74) is 1.63. The fourth-order valence-corrected chi connectivity index (χ4v) is 1.75. The van der Waals surface area contributed by atoms with Gasteiger partial charge in [-0.25, -0.2) is 0 Å². The maximum atomic E-state index is 11.7. The average molecular weight is 287 g/mol. The summed E-state index contributed by atoms with van der Waals surface area (Å²) in [5.74, 6) is 0.000347. The lowest BCUT2D eigenvalue weighted by Gasteiger charge is -2.23. The molecule has 2 heterocycles. The zero-order valence-corrected chi connectivity index (χ0v) is 11.7. The standard InChI is InChI=1S/C12H18N4O2.ClH/c1-9-5-15-11(6-14-9)7-16-12(17)4-10-8-18-3-2-13-10;/h5-6,10,13H,2-4,7-8H2,1H3,(H,16,17);1H. The van der Waals surface area contributed by atoms with Gasteiger partial charge in [0.05, 0.1) is 37.3 Å². The lowest BCUT2D eigenvalue weighted by Crippen LogP contribution is -2.44. The van der Waals surface area contributed by atoms with Crippen LogP contribution < -0.4 is 10.6 Å². The first-order valence-corrected chi connectivity index (χ1v) is 6.09. The summed E-state index contributed by atoms with van der Waals surface area (Å²) in [7, 11) is 0. The average Bonchev–Trinajstić information content (AvgIpc) is 2.39. The third-order valence-electron chi connectivity index (χ3n) is 2.73. The van der Waals surface area contributed by atoms with Gasteiger partial charge in [0.25, 0.3) is 0 Å². The van der Waals surface area contributed by atoms with Crippen molar-refractivity contribution in [3.8, 4) is 0 Å². The monoisotopic (exact) mass is 286 g/mol. The number of rotatable bonds is 4. The van der Waals surface area contributed by atoms with Crippen molar-refractivity contribution in [2.24, 2.45) is 0 Å². The predicted octanol–water partition coefficient (Wildman–Crippen LogP) is 0.202. The Bertz CT molecular complexity index is 393. The Balaban J connectivity index is 0.00000180. The van der Waals surface area contributed by atoms with Crippen molar-refractivity contribution in [3.63, 3.8) is 0 Å². The molecule has 2 rings (SSSR count). The van der Waals surface area contributed by atoms with Crippen molar-refractivity contribution in [3.05, 3.63) is 23.8 Å². The Morgan fingerprint density at radius 1 is 1.53 bits per heavy atom. The van der Waals surface area contributed by atoms with E-state index in [9.17, 15) is 4.79 Å². The van der Waals surface area contributed by atoms with Gasteiger partial charge in [0.1, 0.15) is 0 Å². The Morgan fingerprint density at radius 3 is 3.00 bits per heavy atom. The van der Waals surface area contributed by atoms with Crippen LogP contribution in [0.4, 0.5) is 0 Å². The fraction of sp³-hybridized carbons (Fsp3) is 0.583. The number of morpholine rings is 1. The van der Waals surface area contributed by atoms with Crippen molar-refractivity contribution in [2.75, 3.05) is 19.8 Å². The van der Waals surface area contributed by atoms with Crippen LogP contribution in [0.1, 0.15) is 17.8 Å². The van der Waals surface area contributed by atoms with Crippen LogP contribution in [0.25, 0.3) is 0 Å². The summed E-state index contributed by atoms with van der Waals surface area (Å²) in [6, 6.07) is 0.114. The molecular formula is C12H19ClN4O2. The Hall–Kier alpha value is -1.24. The van der Waals surface area contributed by atoms with E-state index in [0.29, 0.717) is 19.6 Å². The topological polar surface area (TPSA) is 76.1 Å². The zero-order valence-electron chi connectivity index (χ0n) is 10.9. The van der Waals surface area contributed by atoms with E-state index in [0.717, 1.165) is 24.5 Å². The molecule has 0 bridgehead atoms. The molecule has 1 unspecified atom stereocenters. The molecule has 0 spiro atoms. The van der Waals surface area contributed by atoms with Crippen LogP contribution in [0, 0.1) is 6.92 Å². The maximum Gasteiger partial charge on any atom is 0.221 e. The molecule has 2 N–H and O–H groups in total. The number of nitrogens with one attached hydrogen (secondary N) is 2. The second kappa shape index (κ2) is 8.04. The number of amides is 1. The molecular weight excluding hydrogens is 268 g/mol. The first kappa shape index (κ1) is 15.8. The minimum Gasteiger partial charge on any atom is -0.378 e. The first-order valence-electron chi connectivity index (χ1n) is 6.09. The number of halogens is 1. The molecule has 19 heavy (non-hydrogen) atoms. The van der Waals surface area contributed by atoms with E-state index in [-0.39, 0.29) is 24.4 Å². The summed E-state index contributed by atoms with van der Waals surface area (Å²) in [4.78, 5) is 20.0. The molecule has 0 aliphatic carbocycles. The highest BCUT2D eigenvalue weighted by atomic mass is 35.5. The molecule has 1 atom stereocenters. The molecule has 1 aromatic heterocycles. The number of carbonyl (C=O) groups is 1. The van der Waals surface area contributed by atoms with Gasteiger partial charge in [0, 0.05) is 25.2 Å². The second-order valence-electron chi connectivity index (χ2n) is 4.36. The van der Waals surface area contributed by atoms with Gasteiger partial charge in [-0.2, -0.15) is 0 Å². The van der Waals surface area contributed by atoms with Crippen LogP contribution in [0.15, 0.2) is 12.4 Å². The van der Waals surface area contributed by atoms with E-state index in [1.807, 2.05) is 6.92 Å². The van der Waals surface area contributed by atoms with E-state index in [2.05, 4.69) is 20.6 Å². The van der Waals surface area contributed by atoms with Gasteiger partial charge in [0.15, 0.2) is 0 Å². The van der Waals surface area contributed by atoms with Gasteiger partial charge < -0.3 is 15.4 Å². The molecule has 0 aromatic carbocycles. The van der Waals surface area contributed by atoms with Crippen molar-refractivity contribution in [1.29, 1.82) is 0 Å². The largest absolute Gasteiger partial charge is 0.378 e. The maximum absolute atomic E-state index is 11.7. The summed E-state index contributed by atoms with van der Waals surface area (Å²) in [6.07, 6.45) is 3.80. The third kappa shape index (κ3) is 5.50. The molecule has 1 fully saturated rings. The minimum absolute atomic E-state index is 0.